The Morgan fingerprint density at radius 1 is 0.784 bits per heavy atom. The number of ether oxygens (including phenoxy) is 2. The largest absolute Gasteiger partial charge is 0.481 e. The highest BCUT2D eigenvalue weighted by molar-refractivity contribution is 5.83. The van der Waals surface area contributed by atoms with Crippen molar-refractivity contribution < 1.29 is 29.3 Å². The van der Waals surface area contributed by atoms with Gasteiger partial charge in [0.25, 0.3) is 0 Å². The van der Waals surface area contributed by atoms with Crippen LogP contribution in [0.1, 0.15) is 72.9 Å². The van der Waals surface area contributed by atoms with E-state index >= 15 is 0 Å². The molecule has 3 N–H and O–H groups in total. The van der Waals surface area contributed by atoms with Crippen LogP contribution in [0.3, 0.4) is 0 Å². The van der Waals surface area contributed by atoms with Crippen LogP contribution < -0.4 is 5.32 Å². The van der Waals surface area contributed by atoms with Crippen LogP contribution >= 0.6 is 0 Å². The van der Waals surface area contributed by atoms with Crippen LogP contribution in [0, 0.1) is 5.92 Å². The Morgan fingerprint density at radius 3 is 2.25 bits per heavy atom. The van der Waals surface area contributed by atoms with E-state index < -0.39 is 12.3 Å². The van der Waals surface area contributed by atoms with Crippen LogP contribution in [0.25, 0.3) is 21.9 Å². The van der Waals surface area contributed by atoms with Crippen LogP contribution in [0.15, 0.2) is 115 Å². The van der Waals surface area contributed by atoms with Crippen molar-refractivity contribution in [1.29, 1.82) is 0 Å². The molecule has 0 bridgehead atoms. The number of hydrogen-bond acceptors (Lipinski definition) is 6. The molecule has 1 amide bonds. The molecule has 264 valence electrons. The number of aliphatic hydroxyl groups is 1. The van der Waals surface area contributed by atoms with Gasteiger partial charge in [0, 0.05) is 37.0 Å². The summed E-state index contributed by atoms with van der Waals surface area (Å²) in [6.45, 7) is 5.40. The maximum absolute atomic E-state index is 12.1. The number of aliphatic carboxylic acids is 1. The summed E-state index contributed by atoms with van der Waals surface area (Å²) in [6, 6.07) is 39.3. The molecule has 51 heavy (non-hydrogen) atoms. The van der Waals surface area contributed by atoms with E-state index in [0.717, 1.165) is 33.4 Å². The fourth-order valence-corrected chi connectivity index (χ4v) is 6.73. The molecule has 5 unspecified atom stereocenters. The smallest absolute Gasteiger partial charge is 0.303 e. The Hall–Kier alpha value is -4.86. The highest BCUT2D eigenvalue weighted by Gasteiger charge is 2.39. The molecule has 0 radical (unpaired) electrons. The number of carboxylic acid groups (broad SMARTS) is 1. The van der Waals surface area contributed by atoms with Gasteiger partial charge in [-0.3, -0.25) is 14.5 Å². The highest BCUT2D eigenvalue weighted by atomic mass is 16.7. The fourth-order valence-electron chi connectivity index (χ4n) is 6.73. The number of rotatable bonds is 13. The molecular formula is C43H46N2O6. The molecule has 5 atom stereocenters. The van der Waals surface area contributed by atoms with E-state index in [4.69, 9.17) is 14.6 Å². The van der Waals surface area contributed by atoms with Crippen molar-refractivity contribution >= 4 is 22.6 Å². The number of carboxylic acids is 1. The van der Waals surface area contributed by atoms with Crippen molar-refractivity contribution in [2.75, 3.05) is 13.6 Å². The Morgan fingerprint density at radius 2 is 1.51 bits per heavy atom. The normalized spacial score (nSPS) is 19.5. The van der Waals surface area contributed by atoms with Gasteiger partial charge in [0.1, 0.15) is 0 Å². The molecule has 0 spiro atoms. The van der Waals surface area contributed by atoms with Gasteiger partial charge in [0.2, 0.25) is 5.91 Å². The second-order valence-corrected chi connectivity index (χ2v) is 13.5. The van der Waals surface area contributed by atoms with Crippen LogP contribution in [0.2, 0.25) is 0 Å². The second kappa shape index (κ2) is 16.4. The third-order valence-electron chi connectivity index (χ3n) is 9.98. The molecule has 1 aliphatic heterocycles. The average Bonchev–Trinajstić information content (AvgIpc) is 3.16. The van der Waals surface area contributed by atoms with Crippen molar-refractivity contribution in [2.45, 2.75) is 64.4 Å². The van der Waals surface area contributed by atoms with E-state index in [0.29, 0.717) is 13.1 Å². The van der Waals surface area contributed by atoms with Crippen molar-refractivity contribution in [3.05, 3.63) is 143 Å². The summed E-state index contributed by atoms with van der Waals surface area (Å²) in [5.74, 6) is -1.25. The van der Waals surface area contributed by atoms with E-state index in [1.54, 1.807) is 0 Å². The van der Waals surface area contributed by atoms with Crippen molar-refractivity contribution in [3.8, 4) is 11.1 Å². The summed E-state index contributed by atoms with van der Waals surface area (Å²) >= 11 is 0. The zero-order chi connectivity index (χ0) is 35.9. The quantitative estimate of drug-likeness (QED) is 0.115. The minimum atomic E-state index is -0.993. The van der Waals surface area contributed by atoms with Gasteiger partial charge in [-0.2, -0.15) is 0 Å². The SMILES string of the molecule is CC1C(CN(C)C(C)c2ccc3ccccc3c2)OC(c2cccc(-c3cccc(CNC(=O)CCC(=O)O)c3)c2)OC1c1ccc(CO)cc1. The van der Waals surface area contributed by atoms with Crippen LogP contribution in [-0.2, 0) is 32.2 Å². The number of carbonyl (C=O) groups excluding carboxylic acids is 1. The first-order chi connectivity index (χ1) is 24.7. The minimum absolute atomic E-state index is 0.0156. The lowest BCUT2D eigenvalue weighted by Gasteiger charge is -2.43. The number of carbonyl (C=O) groups is 2. The van der Waals surface area contributed by atoms with Gasteiger partial charge in [-0.1, -0.05) is 104 Å². The Kier molecular flexibility index (Phi) is 11.6. The zero-order valence-corrected chi connectivity index (χ0v) is 29.4. The molecule has 0 aliphatic carbocycles. The lowest BCUT2D eigenvalue weighted by atomic mass is 9.89. The van der Waals surface area contributed by atoms with Crippen LogP contribution in [-0.4, -0.2) is 46.7 Å². The van der Waals surface area contributed by atoms with E-state index in [9.17, 15) is 14.7 Å². The summed E-state index contributed by atoms with van der Waals surface area (Å²) in [4.78, 5) is 25.3. The Bertz CT molecular complexity index is 1960. The molecule has 5 aromatic rings. The molecule has 6 rings (SSSR count). The predicted octanol–water partition coefficient (Wildman–Crippen LogP) is 7.96. The Balaban J connectivity index is 1.23. The van der Waals surface area contributed by atoms with Gasteiger partial charge < -0.3 is 25.0 Å². The number of fused-ring (bicyclic) bond motifs is 1. The van der Waals surface area contributed by atoms with Crippen molar-refractivity contribution in [2.24, 2.45) is 5.92 Å². The third kappa shape index (κ3) is 8.90. The molecule has 1 fully saturated rings. The van der Waals surface area contributed by atoms with Crippen LogP contribution in [0.5, 0.6) is 0 Å². The van der Waals surface area contributed by atoms with Gasteiger partial charge >= 0.3 is 5.97 Å². The maximum Gasteiger partial charge on any atom is 0.303 e. The second-order valence-electron chi connectivity index (χ2n) is 13.5. The van der Waals surface area contributed by atoms with Gasteiger partial charge in [0.15, 0.2) is 6.29 Å². The van der Waals surface area contributed by atoms with Crippen molar-refractivity contribution in [1.82, 2.24) is 10.2 Å². The van der Waals surface area contributed by atoms with Gasteiger partial charge in [-0.05, 0) is 76.3 Å². The molecule has 1 saturated heterocycles. The number of hydrogen-bond donors (Lipinski definition) is 3. The van der Waals surface area contributed by atoms with Gasteiger partial charge in [-0.15, -0.1) is 0 Å². The number of nitrogens with one attached hydrogen (secondary N) is 1. The Labute approximate surface area is 299 Å². The molecule has 0 saturated carbocycles. The first-order valence-electron chi connectivity index (χ1n) is 17.6. The number of likely N-dealkylation sites (N-methyl/N-ethyl adjacent to an activating group) is 1. The number of nitrogens with zero attached hydrogens (tertiary/aromatic N) is 1. The van der Waals surface area contributed by atoms with Gasteiger partial charge in [0.05, 0.1) is 25.2 Å². The number of amides is 1. The van der Waals surface area contributed by atoms with E-state index in [1.165, 1.54) is 16.3 Å². The van der Waals surface area contributed by atoms with E-state index in [-0.39, 0.29) is 49.5 Å². The maximum atomic E-state index is 12.1. The van der Waals surface area contributed by atoms with Crippen LogP contribution in [0.4, 0.5) is 0 Å². The molecule has 1 heterocycles. The standard InChI is InChI=1S/C43H46N2O6/c1-28-39(26-45(3)29(2)34-19-18-32-9-4-5-10-36(32)23-34)50-43(51-42(28)33-16-14-30(27-46)15-17-33)38-13-7-12-37(24-38)35-11-6-8-31(22-35)25-44-40(47)20-21-41(48)49/h4-19,22-24,28-29,39,42-43,46H,20-21,25-27H2,1-3H3,(H,44,47)(H,48,49). The number of aliphatic hydroxyl groups excluding tert-OH is 1. The molecule has 8 heteroatoms. The fraction of sp³-hybridized carbons (Fsp3) is 0.302. The molecule has 0 aromatic heterocycles. The summed E-state index contributed by atoms with van der Waals surface area (Å²) in [5.41, 5.74) is 6.92. The highest BCUT2D eigenvalue weighted by Crippen LogP contribution is 2.43. The zero-order valence-electron chi connectivity index (χ0n) is 29.4. The summed E-state index contributed by atoms with van der Waals surface area (Å²) < 4.78 is 13.6. The predicted molar refractivity (Wildman–Crippen MR) is 199 cm³/mol. The summed E-state index contributed by atoms with van der Waals surface area (Å²) in [6.07, 6.45) is -1.24. The summed E-state index contributed by atoms with van der Waals surface area (Å²) in [7, 11) is 2.15. The first-order valence-corrected chi connectivity index (χ1v) is 17.6. The summed E-state index contributed by atoms with van der Waals surface area (Å²) in [5, 5.41) is 23.8. The van der Waals surface area contributed by atoms with Gasteiger partial charge in [-0.25, -0.2) is 0 Å². The average molecular weight is 687 g/mol. The first kappa shape index (κ1) is 35.9. The monoisotopic (exact) mass is 686 g/mol. The van der Waals surface area contributed by atoms with E-state index in [1.807, 2.05) is 66.7 Å². The topological polar surface area (TPSA) is 108 Å². The van der Waals surface area contributed by atoms with E-state index in [2.05, 4.69) is 79.6 Å². The number of benzene rings is 5. The molecule has 8 nitrogen and oxygen atoms in total. The minimum Gasteiger partial charge on any atom is -0.481 e. The van der Waals surface area contributed by atoms with Crippen molar-refractivity contribution in [3.63, 3.8) is 0 Å². The lowest BCUT2D eigenvalue weighted by molar-refractivity contribution is -0.276. The molecule has 5 aromatic carbocycles. The molecule has 1 aliphatic rings. The molecular weight excluding hydrogens is 640 g/mol. The lowest BCUT2D eigenvalue weighted by Crippen LogP contribution is -2.44. The third-order valence-corrected chi connectivity index (χ3v) is 9.98.